The Kier molecular flexibility index (Phi) is 5.24. The molecule has 0 aliphatic rings. The van der Waals surface area contributed by atoms with Crippen LogP contribution in [-0.4, -0.2) is 20.8 Å². The van der Waals surface area contributed by atoms with E-state index in [0.717, 1.165) is 5.69 Å². The Balaban J connectivity index is 2.16. The van der Waals surface area contributed by atoms with Crippen LogP contribution in [0.3, 0.4) is 0 Å². The Labute approximate surface area is 129 Å². The van der Waals surface area contributed by atoms with Crippen LogP contribution in [0.4, 0.5) is 11.6 Å². The fourth-order valence-corrected chi connectivity index (χ4v) is 1.64. The quantitative estimate of drug-likeness (QED) is 0.404. The van der Waals surface area contributed by atoms with E-state index in [9.17, 15) is 0 Å². The van der Waals surface area contributed by atoms with Gasteiger partial charge in [0, 0.05) is 5.92 Å². The Morgan fingerprint density at radius 2 is 1.64 bits per heavy atom. The van der Waals surface area contributed by atoms with Gasteiger partial charge in [0.05, 0.1) is 5.69 Å². The molecule has 0 bridgehead atoms. The highest BCUT2D eigenvalue weighted by Gasteiger charge is 2.05. The molecule has 0 saturated heterocycles. The molecular weight excluding hydrogens is 278 g/mol. The van der Waals surface area contributed by atoms with Crippen LogP contribution in [0.25, 0.3) is 0 Å². The van der Waals surface area contributed by atoms with Gasteiger partial charge < -0.3 is 0 Å². The molecule has 7 heteroatoms. The molecule has 1 aromatic heterocycles. The average Bonchev–Trinajstić information content (AvgIpc) is 2.47. The summed E-state index contributed by atoms with van der Waals surface area (Å²) in [5, 5.41) is 12.5. The molecule has 0 aliphatic carbocycles. The second-order valence-corrected chi connectivity index (χ2v) is 5.03. The maximum atomic E-state index is 4.29. The molecule has 2 rings (SSSR count). The number of benzene rings is 1. The molecule has 0 radical (unpaired) electrons. The first-order valence-corrected chi connectivity index (χ1v) is 7.04. The molecule has 22 heavy (non-hydrogen) atoms. The zero-order chi connectivity index (χ0) is 15.9. The van der Waals surface area contributed by atoms with E-state index >= 15 is 0 Å². The molecule has 0 spiro atoms. The van der Waals surface area contributed by atoms with Crippen molar-refractivity contribution in [2.45, 2.75) is 27.7 Å². The zero-order valence-electron chi connectivity index (χ0n) is 13.1. The van der Waals surface area contributed by atoms with Crippen LogP contribution in [0, 0.1) is 19.8 Å². The SMILES string of the molecule is Cc1nc(C)nc(N=N/C(=N\Nc2ccccc2)C(C)C)n1. The lowest BCUT2D eigenvalue weighted by atomic mass is 10.2. The summed E-state index contributed by atoms with van der Waals surface area (Å²) in [6.45, 7) is 7.58. The van der Waals surface area contributed by atoms with Gasteiger partial charge in [0.25, 0.3) is 5.95 Å². The summed E-state index contributed by atoms with van der Waals surface area (Å²) in [7, 11) is 0. The number of hydrogen-bond donors (Lipinski definition) is 1. The van der Waals surface area contributed by atoms with Crippen molar-refractivity contribution in [2.75, 3.05) is 5.43 Å². The molecule has 1 heterocycles. The Morgan fingerprint density at radius 3 is 2.23 bits per heavy atom. The number of amidine groups is 1. The third kappa shape index (κ3) is 4.69. The van der Waals surface area contributed by atoms with Crippen LogP contribution in [-0.2, 0) is 0 Å². The molecule has 0 aliphatic heterocycles. The van der Waals surface area contributed by atoms with Gasteiger partial charge in [-0.25, -0.2) is 4.98 Å². The van der Waals surface area contributed by atoms with Gasteiger partial charge in [-0.2, -0.15) is 15.1 Å². The number of para-hydroxylation sites is 1. The maximum Gasteiger partial charge on any atom is 0.272 e. The van der Waals surface area contributed by atoms with Gasteiger partial charge in [0.1, 0.15) is 11.6 Å². The van der Waals surface area contributed by atoms with E-state index in [1.165, 1.54) is 0 Å². The van der Waals surface area contributed by atoms with Gasteiger partial charge in [-0.1, -0.05) is 32.0 Å². The van der Waals surface area contributed by atoms with Crippen molar-refractivity contribution in [3.63, 3.8) is 0 Å². The lowest BCUT2D eigenvalue weighted by Crippen LogP contribution is -2.07. The summed E-state index contributed by atoms with van der Waals surface area (Å²) in [5.74, 6) is 2.21. The molecule has 0 unspecified atom stereocenters. The average molecular weight is 297 g/mol. The number of hydrogen-bond acceptors (Lipinski definition) is 6. The number of rotatable bonds is 4. The van der Waals surface area contributed by atoms with E-state index in [4.69, 9.17) is 0 Å². The number of aryl methyl sites for hydroxylation is 2. The van der Waals surface area contributed by atoms with Crippen LogP contribution in [0.15, 0.2) is 45.7 Å². The Morgan fingerprint density at radius 1 is 1.00 bits per heavy atom. The molecule has 0 fully saturated rings. The van der Waals surface area contributed by atoms with Crippen LogP contribution in [0.1, 0.15) is 25.5 Å². The Hall–Kier alpha value is -2.70. The van der Waals surface area contributed by atoms with Crippen LogP contribution < -0.4 is 5.43 Å². The number of nitrogens with one attached hydrogen (secondary N) is 1. The molecular formula is C15H19N7. The van der Waals surface area contributed by atoms with Crippen LogP contribution in [0.5, 0.6) is 0 Å². The van der Waals surface area contributed by atoms with Crippen molar-refractivity contribution in [1.29, 1.82) is 0 Å². The lowest BCUT2D eigenvalue weighted by Gasteiger charge is -2.05. The second kappa shape index (κ2) is 7.35. The zero-order valence-corrected chi connectivity index (χ0v) is 13.1. The highest BCUT2D eigenvalue weighted by Crippen LogP contribution is 2.10. The maximum absolute atomic E-state index is 4.29. The van der Waals surface area contributed by atoms with E-state index in [0.29, 0.717) is 17.5 Å². The first-order chi connectivity index (χ1) is 10.5. The first kappa shape index (κ1) is 15.7. The summed E-state index contributed by atoms with van der Waals surface area (Å²) >= 11 is 0. The fourth-order valence-electron chi connectivity index (χ4n) is 1.64. The molecule has 1 N–H and O–H groups in total. The van der Waals surface area contributed by atoms with Crippen molar-refractivity contribution < 1.29 is 0 Å². The van der Waals surface area contributed by atoms with E-state index in [2.05, 4.69) is 35.7 Å². The number of azo groups is 1. The van der Waals surface area contributed by atoms with E-state index in [1.807, 2.05) is 44.2 Å². The number of aromatic nitrogens is 3. The predicted octanol–water partition coefficient (Wildman–Crippen LogP) is 3.65. The molecule has 0 atom stereocenters. The van der Waals surface area contributed by atoms with Gasteiger partial charge in [-0.15, -0.1) is 10.2 Å². The topological polar surface area (TPSA) is 87.8 Å². The van der Waals surface area contributed by atoms with E-state index in [-0.39, 0.29) is 11.9 Å². The van der Waals surface area contributed by atoms with Gasteiger partial charge >= 0.3 is 0 Å². The number of nitrogens with zero attached hydrogens (tertiary/aromatic N) is 6. The third-order valence-corrected chi connectivity index (χ3v) is 2.68. The highest BCUT2D eigenvalue weighted by molar-refractivity contribution is 5.85. The monoisotopic (exact) mass is 297 g/mol. The second-order valence-electron chi connectivity index (χ2n) is 5.03. The summed E-state index contributed by atoms with van der Waals surface area (Å²) in [4.78, 5) is 12.4. The molecule has 114 valence electrons. The van der Waals surface area contributed by atoms with Crippen molar-refractivity contribution in [3.05, 3.63) is 42.0 Å². The fraction of sp³-hybridized carbons (Fsp3) is 0.333. The molecule has 7 nitrogen and oxygen atoms in total. The van der Waals surface area contributed by atoms with Gasteiger partial charge in [-0.05, 0) is 26.0 Å². The van der Waals surface area contributed by atoms with E-state index < -0.39 is 0 Å². The molecule has 1 aromatic carbocycles. The molecule has 2 aromatic rings. The third-order valence-electron chi connectivity index (χ3n) is 2.68. The highest BCUT2D eigenvalue weighted by atomic mass is 15.3. The van der Waals surface area contributed by atoms with E-state index in [1.54, 1.807) is 13.8 Å². The number of hydrazone groups is 1. The lowest BCUT2D eigenvalue weighted by molar-refractivity contribution is 0.849. The molecule has 0 amide bonds. The summed E-state index contributed by atoms with van der Waals surface area (Å²) in [5.41, 5.74) is 3.86. The van der Waals surface area contributed by atoms with Crippen molar-refractivity contribution >= 4 is 17.5 Å². The first-order valence-electron chi connectivity index (χ1n) is 7.04. The number of anilines is 1. The Bertz CT molecular complexity index is 657. The van der Waals surface area contributed by atoms with Crippen molar-refractivity contribution in [2.24, 2.45) is 21.2 Å². The summed E-state index contributed by atoms with van der Waals surface area (Å²) in [6.07, 6.45) is 0. The van der Waals surface area contributed by atoms with Crippen LogP contribution in [0.2, 0.25) is 0 Å². The summed E-state index contributed by atoms with van der Waals surface area (Å²) < 4.78 is 0. The predicted molar refractivity (Wildman–Crippen MR) is 86.2 cm³/mol. The molecule has 0 saturated carbocycles. The minimum atomic E-state index is 0.115. The minimum absolute atomic E-state index is 0.115. The van der Waals surface area contributed by atoms with Gasteiger partial charge in [-0.3, -0.25) is 5.43 Å². The normalized spacial score (nSPS) is 12.1. The van der Waals surface area contributed by atoms with Crippen molar-refractivity contribution in [3.8, 4) is 0 Å². The van der Waals surface area contributed by atoms with Gasteiger partial charge in [0.2, 0.25) is 0 Å². The smallest absolute Gasteiger partial charge is 0.272 e. The van der Waals surface area contributed by atoms with Crippen LogP contribution >= 0.6 is 0 Å². The minimum Gasteiger partial charge on any atom is -0.277 e. The van der Waals surface area contributed by atoms with Crippen molar-refractivity contribution in [1.82, 2.24) is 15.0 Å². The summed E-state index contributed by atoms with van der Waals surface area (Å²) in [6, 6.07) is 9.67. The van der Waals surface area contributed by atoms with Gasteiger partial charge in [0.15, 0.2) is 5.84 Å². The largest absolute Gasteiger partial charge is 0.277 e. The standard InChI is InChI=1S/C15H19N7/c1-10(2)14(20-19-13-8-6-5-7-9-13)21-22-15-17-11(3)16-12(4)18-15/h5-10,19H,1-4H3/b20-14-,22-21?.